The highest BCUT2D eigenvalue weighted by molar-refractivity contribution is 7.10. The largest absolute Gasteiger partial charge is 0.362 e. The zero-order valence-corrected chi connectivity index (χ0v) is 15.3. The number of hydrogen-bond donors (Lipinski definition) is 1. The van der Waals surface area contributed by atoms with Gasteiger partial charge in [-0.3, -0.25) is 0 Å². The van der Waals surface area contributed by atoms with Crippen molar-refractivity contribution in [1.29, 1.82) is 0 Å². The first kappa shape index (κ1) is 15.6. The van der Waals surface area contributed by atoms with Crippen LogP contribution in [0.3, 0.4) is 0 Å². The summed E-state index contributed by atoms with van der Waals surface area (Å²) in [7, 11) is 0. The molecule has 0 amide bonds. The molecule has 0 radical (unpaired) electrons. The van der Waals surface area contributed by atoms with Crippen LogP contribution >= 0.6 is 22.7 Å². The predicted molar refractivity (Wildman–Crippen MR) is 100 cm³/mol. The Morgan fingerprint density at radius 2 is 2.12 bits per heavy atom. The van der Waals surface area contributed by atoms with Crippen LogP contribution in [0.15, 0.2) is 33.7 Å². The van der Waals surface area contributed by atoms with E-state index in [4.69, 9.17) is 9.61 Å². The minimum absolute atomic E-state index is 0.212. The van der Waals surface area contributed by atoms with Crippen molar-refractivity contribution in [2.45, 2.75) is 25.4 Å². The van der Waals surface area contributed by atoms with Gasteiger partial charge in [-0.1, -0.05) is 6.07 Å². The van der Waals surface area contributed by atoms with Gasteiger partial charge in [0.05, 0.1) is 12.6 Å². The molecule has 5 rings (SSSR count). The number of nitrogens with zero attached hydrogens (tertiary/aromatic N) is 6. The molecule has 8 nitrogen and oxygen atoms in total. The second-order valence-corrected chi connectivity index (χ2v) is 7.92. The molecule has 10 heteroatoms. The maximum atomic E-state index is 4.81. The van der Waals surface area contributed by atoms with Crippen LogP contribution in [0.1, 0.15) is 28.8 Å². The molecule has 1 N–H and O–H groups in total. The molecule has 0 saturated carbocycles. The maximum Gasteiger partial charge on any atom is 0.245 e. The molecule has 0 aromatic carbocycles. The lowest BCUT2D eigenvalue weighted by Gasteiger charge is -2.25. The van der Waals surface area contributed by atoms with E-state index in [1.807, 2.05) is 17.6 Å². The molecule has 0 spiro atoms. The summed E-state index contributed by atoms with van der Waals surface area (Å²) in [5.74, 6) is 1.48. The first-order chi connectivity index (χ1) is 12.9. The van der Waals surface area contributed by atoms with E-state index in [-0.39, 0.29) is 6.04 Å². The Bertz CT molecular complexity index is 999. The number of fused-ring (bicyclic) bond motifs is 1. The Balaban J connectivity index is 1.53. The number of hydrogen-bond acceptors (Lipinski definition) is 10. The summed E-state index contributed by atoms with van der Waals surface area (Å²) in [4.78, 5) is 17.3. The van der Waals surface area contributed by atoms with Gasteiger partial charge in [0.2, 0.25) is 11.3 Å². The van der Waals surface area contributed by atoms with E-state index in [1.165, 1.54) is 4.88 Å². The molecule has 1 aliphatic rings. The van der Waals surface area contributed by atoms with E-state index in [0.717, 1.165) is 30.2 Å². The number of rotatable bonds is 5. The second-order valence-electron chi connectivity index (χ2n) is 5.96. The zero-order chi connectivity index (χ0) is 17.3. The van der Waals surface area contributed by atoms with Crippen LogP contribution in [0.2, 0.25) is 0 Å². The smallest absolute Gasteiger partial charge is 0.245 e. The van der Waals surface area contributed by atoms with Crippen molar-refractivity contribution >= 4 is 45.6 Å². The molecule has 1 fully saturated rings. The Hall–Kier alpha value is -2.59. The third kappa shape index (κ3) is 2.80. The van der Waals surface area contributed by atoms with Gasteiger partial charge in [-0.15, -0.1) is 22.7 Å². The third-order valence-electron chi connectivity index (χ3n) is 4.37. The van der Waals surface area contributed by atoms with Crippen LogP contribution in [0.4, 0.5) is 11.6 Å². The van der Waals surface area contributed by atoms with Gasteiger partial charge in [-0.25, -0.2) is 19.6 Å². The Morgan fingerprint density at radius 3 is 2.92 bits per heavy atom. The summed E-state index contributed by atoms with van der Waals surface area (Å²) in [6.07, 6.45) is 3.99. The average Bonchev–Trinajstić information content (AvgIpc) is 3.46. The highest BCUT2D eigenvalue weighted by atomic mass is 32.1. The Labute approximate surface area is 156 Å². The number of thiophene rings is 1. The number of nitrogens with one attached hydrogen (secondary N) is 1. The van der Waals surface area contributed by atoms with Gasteiger partial charge in [0.15, 0.2) is 11.6 Å². The Kier molecular flexibility index (Phi) is 3.98. The van der Waals surface area contributed by atoms with Crippen LogP contribution in [0, 0.1) is 0 Å². The van der Waals surface area contributed by atoms with Crippen LogP contribution in [0.25, 0.3) is 11.3 Å². The molecule has 1 saturated heterocycles. The summed E-state index contributed by atoms with van der Waals surface area (Å²) in [6.45, 7) is 1.59. The van der Waals surface area contributed by atoms with Crippen LogP contribution in [0.5, 0.6) is 0 Å². The quantitative estimate of drug-likeness (QED) is 0.558. The second kappa shape index (κ2) is 6.61. The molecular formula is C16H15N7OS2. The highest BCUT2D eigenvalue weighted by Crippen LogP contribution is 2.39. The topological polar surface area (TPSA) is 92.9 Å². The van der Waals surface area contributed by atoms with Gasteiger partial charge in [0, 0.05) is 23.0 Å². The minimum atomic E-state index is 0.212. The predicted octanol–water partition coefficient (Wildman–Crippen LogP) is 3.48. The van der Waals surface area contributed by atoms with Crippen LogP contribution in [-0.4, -0.2) is 31.8 Å². The van der Waals surface area contributed by atoms with E-state index in [1.54, 1.807) is 22.7 Å². The van der Waals surface area contributed by atoms with E-state index in [9.17, 15) is 0 Å². The summed E-state index contributed by atoms with van der Waals surface area (Å²) in [5.41, 5.74) is 0.832. The number of thiazole rings is 1. The SMILES string of the molecule is c1csc(CNc2nc3nonc3nc2N2CCCC2c2nccs2)c1. The summed E-state index contributed by atoms with van der Waals surface area (Å²) < 4.78 is 4.81. The lowest BCUT2D eigenvalue weighted by molar-refractivity contribution is 0.314. The molecule has 132 valence electrons. The zero-order valence-electron chi connectivity index (χ0n) is 13.7. The lowest BCUT2D eigenvalue weighted by atomic mass is 10.2. The van der Waals surface area contributed by atoms with Crippen molar-refractivity contribution in [1.82, 2.24) is 25.3 Å². The molecule has 5 heterocycles. The van der Waals surface area contributed by atoms with Gasteiger partial charge in [-0.05, 0) is 34.6 Å². The third-order valence-corrected chi connectivity index (χ3v) is 6.12. The standard InChI is InChI=1S/C16H15N7OS2/c1-4-11(16-17-5-8-26-16)23(6-1)15-14(18-9-10-3-2-7-25-10)19-12-13(20-15)22-24-21-12/h2-3,5,7-8,11H,1,4,6,9H2,(H,18,19,21). The van der Waals surface area contributed by atoms with E-state index >= 15 is 0 Å². The fourth-order valence-corrected chi connectivity index (χ4v) is 4.64. The molecule has 4 aromatic rings. The fourth-order valence-electron chi connectivity index (χ4n) is 3.21. The summed E-state index contributed by atoms with van der Waals surface area (Å²) in [5, 5.41) is 16.3. The average molecular weight is 385 g/mol. The molecule has 0 aliphatic carbocycles. The van der Waals surface area contributed by atoms with Gasteiger partial charge >= 0.3 is 0 Å². The molecule has 1 unspecified atom stereocenters. The van der Waals surface area contributed by atoms with E-state index in [2.05, 4.69) is 41.9 Å². The minimum Gasteiger partial charge on any atom is -0.362 e. The first-order valence-electron chi connectivity index (χ1n) is 8.31. The first-order valence-corrected chi connectivity index (χ1v) is 10.1. The highest BCUT2D eigenvalue weighted by Gasteiger charge is 2.31. The molecule has 0 bridgehead atoms. The van der Waals surface area contributed by atoms with E-state index < -0.39 is 0 Å². The monoisotopic (exact) mass is 385 g/mol. The fraction of sp³-hybridized carbons (Fsp3) is 0.312. The van der Waals surface area contributed by atoms with Crippen molar-refractivity contribution in [2.75, 3.05) is 16.8 Å². The van der Waals surface area contributed by atoms with Crippen molar-refractivity contribution in [3.05, 3.63) is 39.0 Å². The number of anilines is 2. The molecule has 4 aromatic heterocycles. The van der Waals surface area contributed by atoms with Crippen molar-refractivity contribution in [3.63, 3.8) is 0 Å². The normalized spacial score (nSPS) is 17.2. The maximum absolute atomic E-state index is 4.81. The summed E-state index contributed by atoms with van der Waals surface area (Å²) >= 11 is 3.38. The van der Waals surface area contributed by atoms with Crippen molar-refractivity contribution in [2.24, 2.45) is 0 Å². The lowest BCUT2D eigenvalue weighted by Crippen LogP contribution is -2.25. The molecular weight excluding hydrogens is 370 g/mol. The Morgan fingerprint density at radius 1 is 1.19 bits per heavy atom. The van der Waals surface area contributed by atoms with Crippen molar-refractivity contribution < 1.29 is 4.63 Å². The van der Waals surface area contributed by atoms with Gasteiger partial charge in [0.1, 0.15) is 5.01 Å². The van der Waals surface area contributed by atoms with Crippen molar-refractivity contribution in [3.8, 4) is 0 Å². The van der Waals surface area contributed by atoms with Crippen LogP contribution in [-0.2, 0) is 6.54 Å². The van der Waals surface area contributed by atoms with Gasteiger partial charge < -0.3 is 10.2 Å². The molecule has 1 aliphatic heterocycles. The molecule has 26 heavy (non-hydrogen) atoms. The van der Waals surface area contributed by atoms with Crippen LogP contribution < -0.4 is 10.2 Å². The van der Waals surface area contributed by atoms with Gasteiger partial charge in [-0.2, -0.15) is 0 Å². The van der Waals surface area contributed by atoms with Gasteiger partial charge in [0.25, 0.3) is 0 Å². The number of aromatic nitrogens is 5. The molecule has 1 atom stereocenters. The van der Waals surface area contributed by atoms with E-state index in [0.29, 0.717) is 23.7 Å². The summed E-state index contributed by atoms with van der Waals surface area (Å²) in [6, 6.07) is 4.34.